The van der Waals surface area contributed by atoms with E-state index in [-0.39, 0.29) is 24.3 Å². The fraction of sp³-hybridized carbons (Fsp3) is 0.333. The molecule has 5 nitrogen and oxygen atoms in total. The molecule has 0 spiro atoms. The molecule has 2 atom stereocenters. The van der Waals surface area contributed by atoms with Gasteiger partial charge in [0.25, 0.3) is 0 Å². The molecule has 0 radical (unpaired) electrons. The Morgan fingerprint density at radius 1 is 1.12 bits per heavy atom. The Kier molecular flexibility index (Phi) is 7.21. The van der Waals surface area contributed by atoms with Crippen molar-refractivity contribution in [2.24, 2.45) is 0 Å². The quantitative estimate of drug-likeness (QED) is 0.723. The van der Waals surface area contributed by atoms with Gasteiger partial charge in [-0.2, -0.15) is 0 Å². The van der Waals surface area contributed by atoms with Crippen LogP contribution in [0.25, 0.3) is 0 Å². The van der Waals surface area contributed by atoms with Crippen LogP contribution in [-0.2, 0) is 16.0 Å². The molecular formula is C21H25NO4. The zero-order valence-corrected chi connectivity index (χ0v) is 15.1. The number of methoxy groups -OCH3 is 1. The molecule has 2 aromatic rings. The number of hydrogen-bond acceptors (Lipinski definition) is 3. The summed E-state index contributed by atoms with van der Waals surface area (Å²) in [5.74, 6) is -0.634. The molecule has 5 heteroatoms. The zero-order valence-electron chi connectivity index (χ0n) is 15.1. The van der Waals surface area contributed by atoms with Gasteiger partial charge in [-0.3, -0.25) is 9.59 Å². The first-order chi connectivity index (χ1) is 12.5. The summed E-state index contributed by atoms with van der Waals surface area (Å²) >= 11 is 0. The van der Waals surface area contributed by atoms with E-state index in [1.54, 1.807) is 7.11 Å². The number of carboxylic acids is 1. The van der Waals surface area contributed by atoms with E-state index in [4.69, 9.17) is 9.84 Å². The average molecular weight is 355 g/mol. The maximum absolute atomic E-state index is 12.7. The number of hydrogen-bond donors (Lipinski definition) is 2. The number of carbonyl (C=O) groups excluding carboxylic acids is 1. The van der Waals surface area contributed by atoms with Gasteiger partial charge in [0.1, 0.15) is 5.75 Å². The van der Waals surface area contributed by atoms with Crippen LogP contribution in [0.1, 0.15) is 36.8 Å². The van der Waals surface area contributed by atoms with E-state index in [2.05, 4.69) is 5.32 Å². The molecule has 1 amide bonds. The van der Waals surface area contributed by atoms with E-state index in [1.807, 2.05) is 61.5 Å². The highest BCUT2D eigenvalue weighted by atomic mass is 16.5. The number of aliphatic carboxylic acids is 1. The SMILES string of the molecule is COc1cccc(C(C)C(=O)NC(CCC(=O)O)Cc2ccccc2)c1. The summed E-state index contributed by atoms with van der Waals surface area (Å²) in [6.07, 6.45) is 1.01. The molecule has 2 unspecified atom stereocenters. The summed E-state index contributed by atoms with van der Waals surface area (Å²) in [7, 11) is 1.59. The normalized spacial score (nSPS) is 12.8. The third kappa shape index (κ3) is 5.92. The van der Waals surface area contributed by atoms with Gasteiger partial charge in [-0.05, 0) is 43.0 Å². The Morgan fingerprint density at radius 3 is 2.50 bits per heavy atom. The van der Waals surface area contributed by atoms with Crippen LogP contribution in [-0.4, -0.2) is 30.1 Å². The first-order valence-corrected chi connectivity index (χ1v) is 8.69. The van der Waals surface area contributed by atoms with Gasteiger partial charge in [0.05, 0.1) is 13.0 Å². The van der Waals surface area contributed by atoms with Crippen molar-refractivity contribution in [3.63, 3.8) is 0 Å². The lowest BCUT2D eigenvalue weighted by molar-refractivity contribution is -0.137. The van der Waals surface area contributed by atoms with Gasteiger partial charge in [0, 0.05) is 12.5 Å². The summed E-state index contributed by atoms with van der Waals surface area (Å²) in [6.45, 7) is 1.83. The van der Waals surface area contributed by atoms with E-state index < -0.39 is 5.97 Å². The molecule has 2 rings (SSSR count). The second kappa shape index (κ2) is 9.61. The molecule has 2 N–H and O–H groups in total. The van der Waals surface area contributed by atoms with Crippen molar-refractivity contribution in [1.82, 2.24) is 5.32 Å². The standard InChI is InChI=1S/C21H25NO4/c1-15(17-9-6-10-19(14-17)26-2)21(25)22-18(11-12-20(23)24)13-16-7-4-3-5-8-16/h3-10,14-15,18H,11-13H2,1-2H3,(H,22,25)(H,23,24). The summed E-state index contributed by atoms with van der Waals surface area (Å²) in [5, 5.41) is 12.0. The molecule has 0 fully saturated rings. The van der Waals surface area contributed by atoms with Crippen LogP contribution in [0.4, 0.5) is 0 Å². The lowest BCUT2D eigenvalue weighted by Gasteiger charge is -2.21. The highest BCUT2D eigenvalue weighted by Gasteiger charge is 2.20. The molecule has 0 saturated heterocycles. The molecule has 0 bridgehead atoms. The molecule has 0 aliphatic heterocycles. The van der Waals surface area contributed by atoms with E-state index in [0.29, 0.717) is 18.6 Å². The number of carboxylic acid groups (broad SMARTS) is 1. The maximum atomic E-state index is 12.7. The Balaban J connectivity index is 2.07. The lowest BCUT2D eigenvalue weighted by atomic mass is 9.97. The van der Waals surface area contributed by atoms with Gasteiger partial charge in [-0.15, -0.1) is 0 Å². The number of amides is 1. The van der Waals surface area contributed by atoms with E-state index in [0.717, 1.165) is 11.1 Å². The van der Waals surface area contributed by atoms with Gasteiger partial charge in [-0.25, -0.2) is 0 Å². The van der Waals surface area contributed by atoms with Crippen LogP contribution in [0.5, 0.6) is 5.75 Å². The molecule has 0 heterocycles. The van der Waals surface area contributed by atoms with Crippen molar-refractivity contribution < 1.29 is 19.4 Å². The minimum absolute atomic E-state index is 0.0192. The summed E-state index contributed by atoms with van der Waals surface area (Å²) in [6, 6.07) is 16.9. The second-order valence-corrected chi connectivity index (χ2v) is 6.33. The number of benzene rings is 2. The van der Waals surface area contributed by atoms with Crippen LogP contribution < -0.4 is 10.1 Å². The molecule has 138 valence electrons. The third-order valence-electron chi connectivity index (χ3n) is 4.37. The highest BCUT2D eigenvalue weighted by molar-refractivity contribution is 5.83. The van der Waals surface area contributed by atoms with Gasteiger partial charge in [-0.1, -0.05) is 42.5 Å². The first-order valence-electron chi connectivity index (χ1n) is 8.69. The Bertz CT molecular complexity index is 730. The topological polar surface area (TPSA) is 75.6 Å². The monoisotopic (exact) mass is 355 g/mol. The molecule has 2 aromatic carbocycles. The molecule has 0 aliphatic carbocycles. The number of carbonyl (C=O) groups is 2. The van der Waals surface area contributed by atoms with Crippen molar-refractivity contribution in [2.75, 3.05) is 7.11 Å². The van der Waals surface area contributed by atoms with Crippen molar-refractivity contribution in [3.05, 3.63) is 65.7 Å². The predicted octanol–water partition coefficient (Wildman–Crippen LogP) is 3.39. The van der Waals surface area contributed by atoms with Crippen LogP contribution >= 0.6 is 0 Å². The number of rotatable bonds is 9. The van der Waals surface area contributed by atoms with Gasteiger partial charge >= 0.3 is 5.97 Å². The average Bonchev–Trinajstić information content (AvgIpc) is 2.66. The smallest absolute Gasteiger partial charge is 0.303 e. The zero-order chi connectivity index (χ0) is 18.9. The summed E-state index contributed by atoms with van der Waals surface area (Å²) in [5.41, 5.74) is 1.93. The predicted molar refractivity (Wildman–Crippen MR) is 100 cm³/mol. The third-order valence-corrected chi connectivity index (χ3v) is 4.37. The fourth-order valence-electron chi connectivity index (χ4n) is 2.81. The van der Waals surface area contributed by atoms with Crippen molar-refractivity contribution in [1.29, 1.82) is 0 Å². The number of nitrogens with one attached hydrogen (secondary N) is 1. The lowest BCUT2D eigenvalue weighted by Crippen LogP contribution is -2.39. The Hall–Kier alpha value is -2.82. The highest BCUT2D eigenvalue weighted by Crippen LogP contribution is 2.21. The van der Waals surface area contributed by atoms with E-state index >= 15 is 0 Å². The number of ether oxygens (including phenoxy) is 1. The van der Waals surface area contributed by atoms with Gasteiger partial charge < -0.3 is 15.2 Å². The molecule has 0 aliphatic rings. The minimum Gasteiger partial charge on any atom is -0.497 e. The van der Waals surface area contributed by atoms with E-state index in [9.17, 15) is 9.59 Å². The minimum atomic E-state index is -0.863. The van der Waals surface area contributed by atoms with Crippen molar-refractivity contribution in [3.8, 4) is 5.75 Å². The second-order valence-electron chi connectivity index (χ2n) is 6.33. The van der Waals surface area contributed by atoms with Crippen LogP contribution in [0, 0.1) is 0 Å². The van der Waals surface area contributed by atoms with Crippen molar-refractivity contribution in [2.45, 2.75) is 38.1 Å². The largest absolute Gasteiger partial charge is 0.497 e. The van der Waals surface area contributed by atoms with Crippen LogP contribution in [0.3, 0.4) is 0 Å². The Labute approximate surface area is 154 Å². The summed E-state index contributed by atoms with van der Waals surface area (Å²) in [4.78, 5) is 23.6. The maximum Gasteiger partial charge on any atom is 0.303 e. The fourth-order valence-corrected chi connectivity index (χ4v) is 2.81. The Morgan fingerprint density at radius 2 is 1.85 bits per heavy atom. The first kappa shape index (κ1) is 19.5. The van der Waals surface area contributed by atoms with Gasteiger partial charge in [0.15, 0.2) is 0 Å². The van der Waals surface area contributed by atoms with Crippen molar-refractivity contribution >= 4 is 11.9 Å². The van der Waals surface area contributed by atoms with Gasteiger partial charge in [0.2, 0.25) is 5.91 Å². The molecule has 0 saturated carbocycles. The molecular weight excluding hydrogens is 330 g/mol. The summed E-state index contributed by atoms with van der Waals surface area (Å²) < 4.78 is 5.21. The van der Waals surface area contributed by atoms with Crippen LogP contribution in [0.15, 0.2) is 54.6 Å². The van der Waals surface area contributed by atoms with E-state index in [1.165, 1.54) is 0 Å². The van der Waals surface area contributed by atoms with Crippen LogP contribution in [0.2, 0.25) is 0 Å². The molecule has 26 heavy (non-hydrogen) atoms. The molecule has 0 aromatic heterocycles.